The minimum Gasteiger partial charge on any atom is -0.311 e. The minimum absolute atomic E-state index is 0.345. The minimum atomic E-state index is 0.345. The van der Waals surface area contributed by atoms with Crippen LogP contribution in [-0.4, -0.2) is 37.6 Å². The lowest BCUT2D eigenvalue weighted by Crippen LogP contribution is -2.46. The van der Waals surface area contributed by atoms with E-state index in [0.717, 1.165) is 6.54 Å². The van der Waals surface area contributed by atoms with Gasteiger partial charge in [0.05, 0.1) is 0 Å². The first-order valence-electron chi connectivity index (χ1n) is 6.68. The number of hydrogen-bond donors (Lipinski definition) is 1. The second-order valence-electron chi connectivity index (χ2n) is 6.37. The quantitative estimate of drug-likeness (QED) is 0.720. The van der Waals surface area contributed by atoms with Crippen molar-refractivity contribution in [3.05, 3.63) is 0 Å². The highest BCUT2D eigenvalue weighted by Crippen LogP contribution is 2.22. The summed E-state index contributed by atoms with van der Waals surface area (Å²) in [5.41, 5.74) is 0.345. The zero-order valence-electron chi connectivity index (χ0n) is 12.4. The number of nitrogens with zero attached hydrogens (tertiary/aromatic N) is 1. The van der Waals surface area contributed by atoms with Crippen molar-refractivity contribution >= 4 is 0 Å². The normalized spacial score (nSPS) is 16.5. The predicted octanol–water partition coefficient (Wildman–Crippen LogP) is 3.13. The van der Waals surface area contributed by atoms with Gasteiger partial charge in [0.15, 0.2) is 0 Å². The fourth-order valence-corrected chi connectivity index (χ4v) is 2.01. The second kappa shape index (κ2) is 7.29. The van der Waals surface area contributed by atoms with Crippen molar-refractivity contribution in [2.24, 2.45) is 5.41 Å². The van der Waals surface area contributed by atoms with Crippen LogP contribution < -0.4 is 5.32 Å². The molecule has 0 spiro atoms. The van der Waals surface area contributed by atoms with Crippen LogP contribution in [0.25, 0.3) is 0 Å². The maximum Gasteiger partial charge on any atom is 0.0130 e. The molecule has 1 N–H and O–H groups in total. The molecule has 0 amide bonds. The van der Waals surface area contributed by atoms with E-state index in [-0.39, 0.29) is 0 Å². The molecule has 98 valence electrons. The summed E-state index contributed by atoms with van der Waals surface area (Å²) in [6.45, 7) is 12.7. The molecule has 0 rings (SSSR count). The van der Waals surface area contributed by atoms with Crippen molar-refractivity contribution in [1.29, 1.82) is 0 Å². The lowest BCUT2D eigenvalue weighted by Gasteiger charge is -2.35. The molecule has 0 aromatic rings. The molecule has 2 nitrogen and oxygen atoms in total. The first-order chi connectivity index (χ1) is 7.27. The SMILES string of the molecule is CCCC(C)NC(CCN(C)C)C(C)(C)C. The summed E-state index contributed by atoms with van der Waals surface area (Å²) in [6.07, 6.45) is 3.76. The summed E-state index contributed by atoms with van der Waals surface area (Å²) in [4.78, 5) is 2.27. The van der Waals surface area contributed by atoms with Gasteiger partial charge in [0.2, 0.25) is 0 Å². The van der Waals surface area contributed by atoms with Crippen molar-refractivity contribution in [3.63, 3.8) is 0 Å². The van der Waals surface area contributed by atoms with Crippen LogP contribution in [0.15, 0.2) is 0 Å². The van der Waals surface area contributed by atoms with E-state index < -0.39 is 0 Å². The van der Waals surface area contributed by atoms with Crippen molar-refractivity contribution in [2.45, 2.75) is 66.0 Å². The van der Waals surface area contributed by atoms with Crippen molar-refractivity contribution in [2.75, 3.05) is 20.6 Å². The van der Waals surface area contributed by atoms with E-state index in [9.17, 15) is 0 Å². The number of rotatable bonds is 7. The highest BCUT2D eigenvalue weighted by molar-refractivity contribution is 4.83. The third-order valence-corrected chi connectivity index (χ3v) is 3.12. The van der Waals surface area contributed by atoms with Crippen LogP contribution in [0, 0.1) is 5.41 Å². The summed E-state index contributed by atoms with van der Waals surface area (Å²) in [7, 11) is 4.30. The summed E-state index contributed by atoms with van der Waals surface area (Å²) in [6, 6.07) is 1.24. The predicted molar refractivity (Wildman–Crippen MR) is 73.9 cm³/mol. The molecule has 0 fully saturated rings. The Morgan fingerprint density at radius 3 is 2.06 bits per heavy atom. The van der Waals surface area contributed by atoms with Crippen LogP contribution in [0.2, 0.25) is 0 Å². The van der Waals surface area contributed by atoms with Crippen molar-refractivity contribution < 1.29 is 0 Å². The molecule has 2 unspecified atom stereocenters. The lowest BCUT2D eigenvalue weighted by atomic mass is 9.84. The second-order valence-corrected chi connectivity index (χ2v) is 6.37. The molecule has 0 heterocycles. The van der Waals surface area contributed by atoms with E-state index in [1.54, 1.807) is 0 Å². The van der Waals surface area contributed by atoms with Crippen LogP contribution in [-0.2, 0) is 0 Å². The highest BCUT2D eigenvalue weighted by atomic mass is 15.1. The summed E-state index contributed by atoms with van der Waals surface area (Å²) in [5.74, 6) is 0. The molecule has 0 saturated heterocycles. The standard InChI is InChI=1S/C14H32N2/c1-8-9-12(2)15-13(14(3,4)5)10-11-16(6)7/h12-13,15H,8-11H2,1-7H3. The molecule has 2 heteroatoms. The Hall–Kier alpha value is -0.0800. The summed E-state index contributed by atoms with van der Waals surface area (Å²) in [5, 5.41) is 3.79. The Morgan fingerprint density at radius 2 is 1.69 bits per heavy atom. The van der Waals surface area contributed by atoms with Crippen molar-refractivity contribution in [3.8, 4) is 0 Å². The van der Waals surface area contributed by atoms with E-state index in [4.69, 9.17) is 0 Å². The first kappa shape index (κ1) is 15.9. The smallest absolute Gasteiger partial charge is 0.0130 e. The Kier molecular flexibility index (Phi) is 7.25. The van der Waals surface area contributed by atoms with Crippen LogP contribution >= 0.6 is 0 Å². The van der Waals surface area contributed by atoms with Crippen LogP contribution in [0.4, 0.5) is 0 Å². The molecule has 0 aliphatic carbocycles. The molecular formula is C14H32N2. The molecule has 16 heavy (non-hydrogen) atoms. The van der Waals surface area contributed by atoms with Crippen molar-refractivity contribution in [1.82, 2.24) is 10.2 Å². The monoisotopic (exact) mass is 228 g/mol. The van der Waals surface area contributed by atoms with E-state index >= 15 is 0 Å². The fraction of sp³-hybridized carbons (Fsp3) is 1.00. The summed E-state index contributed by atoms with van der Waals surface area (Å²) < 4.78 is 0. The van der Waals surface area contributed by atoms with Gasteiger partial charge >= 0.3 is 0 Å². The zero-order valence-corrected chi connectivity index (χ0v) is 12.4. The molecule has 0 radical (unpaired) electrons. The third kappa shape index (κ3) is 7.24. The molecule has 0 bridgehead atoms. The van der Waals surface area contributed by atoms with Gasteiger partial charge < -0.3 is 10.2 Å². The Morgan fingerprint density at radius 1 is 1.12 bits per heavy atom. The first-order valence-corrected chi connectivity index (χ1v) is 6.68. The van der Waals surface area contributed by atoms with E-state index in [1.807, 2.05) is 0 Å². The molecule has 0 aliphatic rings. The van der Waals surface area contributed by atoms with Crippen LogP contribution in [0.1, 0.15) is 53.9 Å². The van der Waals surface area contributed by atoms with Gasteiger partial charge in [-0.25, -0.2) is 0 Å². The Bertz CT molecular complexity index is 170. The van der Waals surface area contributed by atoms with Crippen LogP contribution in [0.5, 0.6) is 0 Å². The van der Waals surface area contributed by atoms with Gasteiger partial charge in [0, 0.05) is 12.1 Å². The maximum atomic E-state index is 3.79. The zero-order chi connectivity index (χ0) is 12.8. The Labute approximate surface area is 103 Å². The van der Waals surface area contributed by atoms with Gasteiger partial charge in [-0.3, -0.25) is 0 Å². The van der Waals surface area contributed by atoms with Gasteiger partial charge in [0.25, 0.3) is 0 Å². The average Bonchev–Trinajstić information content (AvgIpc) is 2.10. The van der Waals surface area contributed by atoms with E-state index in [1.165, 1.54) is 19.3 Å². The number of hydrogen-bond acceptors (Lipinski definition) is 2. The van der Waals surface area contributed by atoms with E-state index in [2.05, 4.69) is 58.9 Å². The van der Waals surface area contributed by atoms with E-state index in [0.29, 0.717) is 17.5 Å². The molecule has 2 atom stereocenters. The molecule has 0 aromatic heterocycles. The average molecular weight is 228 g/mol. The maximum absolute atomic E-state index is 3.79. The Balaban J connectivity index is 4.21. The summed E-state index contributed by atoms with van der Waals surface area (Å²) >= 11 is 0. The van der Waals surface area contributed by atoms with Gasteiger partial charge in [-0.15, -0.1) is 0 Å². The van der Waals surface area contributed by atoms with Gasteiger partial charge in [-0.1, -0.05) is 34.1 Å². The van der Waals surface area contributed by atoms with Crippen LogP contribution in [0.3, 0.4) is 0 Å². The molecule has 0 aromatic carbocycles. The topological polar surface area (TPSA) is 15.3 Å². The highest BCUT2D eigenvalue weighted by Gasteiger charge is 2.25. The van der Waals surface area contributed by atoms with Gasteiger partial charge in [0.1, 0.15) is 0 Å². The molecular weight excluding hydrogens is 196 g/mol. The fourth-order valence-electron chi connectivity index (χ4n) is 2.01. The van der Waals surface area contributed by atoms with Gasteiger partial charge in [-0.2, -0.15) is 0 Å². The molecule has 0 aliphatic heterocycles. The third-order valence-electron chi connectivity index (χ3n) is 3.12. The van der Waals surface area contributed by atoms with Gasteiger partial charge in [-0.05, 0) is 45.8 Å². The molecule has 0 saturated carbocycles. The number of nitrogens with one attached hydrogen (secondary N) is 1. The largest absolute Gasteiger partial charge is 0.311 e. The lowest BCUT2D eigenvalue weighted by molar-refractivity contribution is 0.215.